The van der Waals surface area contributed by atoms with E-state index in [2.05, 4.69) is 83.4 Å². The van der Waals surface area contributed by atoms with E-state index < -0.39 is 0 Å². The van der Waals surface area contributed by atoms with Crippen LogP contribution < -0.4 is 4.74 Å². The van der Waals surface area contributed by atoms with Crippen LogP contribution in [0.25, 0.3) is 16.8 Å². The highest BCUT2D eigenvalue weighted by molar-refractivity contribution is 8.06. The number of phenolic OH excluding ortho intramolecular Hbond substituents is 1. The van der Waals surface area contributed by atoms with E-state index in [9.17, 15) is 9.50 Å². The summed E-state index contributed by atoms with van der Waals surface area (Å²) in [4.78, 5) is 4.44. The van der Waals surface area contributed by atoms with Crippen LogP contribution >= 0.6 is 11.8 Å². The van der Waals surface area contributed by atoms with Gasteiger partial charge >= 0.3 is 0 Å². The van der Waals surface area contributed by atoms with Crippen molar-refractivity contribution in [2.24, 2.45) is 0 Å². The van der Waals surface area contributed by atoms with Crippen LogP contribution in [0.2, 0.25) is 0 Å². The van der Waals surface area contributed by atoms with Crippen molar-refractivity contribution in [1.82, 2.24) is 9.80 Å². The van der Waals surface area contributed by atoms with Crippen LogP contribution in [0.4, 0.5) is 4.39 Å². The van der Waals surface area contributed by atoms with Crippen molar-refractivity contribution in [1.29, 1.82) is 0 Å². The van der Waals surface area contributed by atoms with Crippen LogP contribution in [0.3, 0.4) is 0 Å². The number of alkyl halides is 1. The fourth-order valence-electron chi connectivity index (χ4n) is 6.39. The van der Waals surface area contributed by atoms with Gasteiger partial charge in [0.25, 0.3) is 0 Å². The summed E-state index contributed by atoms with van der Waals surface area (Å²) in [5, 5.41) is 14.3. The molecule has 218 valence electrons. The number of thioether (sulfide) groups is 1. The number of aryl methyl sites for hydroxylation is 2. The molecule has 1 saturated heterocycles. The number of nitrogens with zero attached hydrogens (tertiary/aromatic N) is 2. The Morgan fingerprint density at radius 1 is 1.02 bits per heavy atom. The second-order valence-corrected chi connectivity index (χ2v) is 12.5. The zero-order valence-electron chi connectivity index (χ0n) is 24.5. The molecule has 0 amide bonds. The van der Waals surface area contributed by atoms with Crippen LogP contribution in [0.15, 0.2) is 77.7 Å². The number of allylic oxidation sites excluding steroid dienone is 1. The topological polar surface area (TPSA) is 35.9 Å². The van der Waals surface area contributed by atoms with Crippen LogP contribution in [0.1, 0.15) is 59.1 Å². The highest BCUT2D eigenvalue weighted by atomic mass is 32.2. The van der Waals surface area contributed by atoms with Crippen LogP contribution in [0.5, 0.6) is 11.5 Å². The molecule has 2 heterocycles. The van der Waals surface area contributed by atoms with Crippen molar-refractivity contribution in [2.45, 2.75) is 45.1 Å². The first-order valence-electron chi connectivity index (χ1n) is 14.9. The molecule has 1 aliphatic carbocycles. The smallest absolute Gasteiger partial charge is 0.123 e. The third-order valence-corrected chi connectivity index (χ3v) is 9.54. The van der Waals surface area contributed by atoms with Gasteiger partial charge in [0.05, 0.1) is 17.4 Å². The summed E-state index contributed by atoms with van der Waals surface area (Å²) in [7, 11) is 2.07. The minimum absolute atomic E-state index is 0.129. The number of rotatable bonds is 8. The van der Waals surface area contributed by atoms with E-state index in [1.54, 1.807) is 11.8 Å². The lowest BCUT2D eigenvalue weighted by atomic mass is 9.86. The van der Waals surface area contributed by atoms with E-state index in [0.29, 0.717) is 12.2 Å². The second-order valence-electron chi connectivity index (χ2n) is 11.6. The normalized spacial score (nSPS) is 19.2. The predicted octanol–water partition coefficient (Wildman–Crippen LogP) is 8.26. The Hall–Kier alpha value is -3.48. The summed E-state index contributed by atoms with van der Waals surface area (Å²) in [6.45, 7) is 8.49. The van der Waals surface area contributed by atoms with Crippen LogP contribution in [0, 0.1) is 6.92 Å². The molecule has 6 heteroatoms. The Morgan fingerprint density at radius 2 is 1.81 bits per heavy atom. The molecule has 0 radical (unpaired) electrons. The molecular formula is C36H39FN2O2S. The number of likely N-dealkylation sites (tertiary alicyclic amines) is 1. The van der Waals surface area contributed by atoms with Gasteiger partial charge in [0.1, 0.15) is 17.6 Å². The minimum atomic E-state index is -0.268. The minimum Gasteiger partial charge on any atom is -0.507 e. The molecule has 4 nitrogen and oxygen atoms in total. The molecule has 2 aliphatic heterocycles. The third kappa shape index (κ3) is 5.88. The number of ether oxygens (including phenoxy) is 1. The first-order chi connectivity index (χ1) is 20.4. The predicted molar refractivity (Wildman–Crippen MR) is 173 cm³/mol. The Bertz CT molecular complexity index is 1540. The van der Waals surface area contributed by atoms with E-state index in [1.165, 1.54) is 33.5 Å². The molecule has 0 bridgehead atoms. The number of benzene rings is 3. The second kappa shape index (κ2) is 12.4. The van der Waals surface area contributed by atoms with Crippen molar-refractivity contribution >= 4 is 28.6 Å². The summed E-state index contributed by atoms with van der Waals surface area (Å²) < 4.78 is 19.0. The lowest BCUT2D eigenvalue weighted by Crippen LogP contribution is -2.26. The Labute approximate surface area is 253 Å². The number of hydrogen-bond donors (Lipinski definition) is 1. The first-order valence-corrected chi connectivity index (χ1v) is 15.8. The summed E-state index contributed by atoms with van der Waals surface area (Å²) in [6.07, 6.45) is 4.52. The third-order valence-electron chi connectivity index (χ3n) is 8.65. The molecule has 0 aromatic heterocycles. The molecule has 3 aromatic carbocycles. The first kappa shape index (κ1) is 28.6. The maximum atomic E-state index is 12.6. The monoisotopic (exact) mass is 582 g/mol. The Kier molecular flexibility index (Phi) is 8.45. The van der Waals surface area contributed by atoms with Gasteiger partial charge < -0.3 is 14.7 Å². The van der Waals surface area contributed by atoms with Gasteiger partial charge in [-0.05, 0) is 102 Å². The summed E-state index contributed by atoms with van der Waals surface area (Å²) in [5.41, 5.74) is 10.3. The molecule has 3 aromatic rings. The van der Waals surface area contributed by atoms with E-state index in [1.807, 2.05) is 13.0 Å². The van der Waals surface area contributed by atoms with Gasteiger partial charge in [0, 0.05) is 37.7 Å². The molecule has 42 heavy (non-hydrogen) atoms. The van der Waals surface area contributed by atoms with Gasteiger partial charge in [-0.1, -0.05) is 54.7 Å². The van der Waals surface area contributed by atoms with E-state index in [4.69, 9.17) is 4.74 Å². The molecule has 6 rings (SSSR count). The Morgan fingerprint density at radius 3 is 2.55 bits per heavy atom. The maximum Gasteiger partial charge on any atom is 0.123 e. The van der Waals surface area contributed by atoms with Crippen molar-refractivity contribution < 1.29 is 14.2 Å². The SMILES string of the molecule is C=C1SC=C(c2ccc3c(c2)CCCC(c2ccc(C)cc2O)=C3c2ccc(OC3CCN(CCCF)C3)cc2)N1C. The van der Waals surface area contributed by atoms with Crippen LogP contribution in [-0.4, -0.2) is 54.4 Å². The number of hydrogen-bond acceptors (Lipinski definition) is 5. The van der Waals surface area contributed by atoms with Gasteiger partial charge in [-0.25, -0.2) is 0 Å². The summed E-state index contributed by atoms with van der Waals surface area (Å²) in [6, 6.07) is 21.3. The zero-order chi connectivity index (χ0) is 29.2. The maximum absolute atomic E-state index is 12.6. The molecule has 1 fully saturated rings. The van der Waals surface area contributed by atoms with Crippen molar-refractivity contribution in [3.63, 3.8) is 0 Å². The molecule has 3 aliphatic rings. The molecule has 1 atom stereocenters. The zero-order valence-corrected chi connectivity index (χ0v) is 25.4. The van der Waals surface area contributed by atoms with Crippen molar-refractivity contribution in [3.8, 4) is 11.5 Å². The number of aromatic hydroxyl groups is 1. The van der Waals surface area contributed by atoms with Crippen LogP contribution in [-0.2, 0) is 6.42 Å². The highest BCUT2D eigenvalue weighted by Crippen LogP contribution is 2.44. The van der Waals surface area contributed by atoms with Gasteiger partial charge in [0.2, 0.25) is 0 Å². The van der Waals surface area contributed by atoms with E-state index in [0.717, 1.165) is 72.8 Å². The lowest BCUT2D eigenvalue weighted by Gasteiger charge is -2.21. The number of halogens is 1. The lowest BCUT2D eigenvalue weighted by molar-refractivity contribution is 0.198. The standard InChI is InChI=1S/C36H39FN2O2S/c1-24-8-14-32(35(40)20-24)33-7-4-6-27-21-28(34-23-42-25(2)38(34)3)11-15-31(27)36(33)26-9-12-29(13-10-26)41-30-16-19-39(22-30)18-5-17-37/h8-15,20-21,23,30,40H,2,4-7,16-19,22H2,1,3H3. The highest BCUT2D eigenvalue weighted by Gasteiger charge is 2.26. The fraction of sp³-hybridized carbons (Fsp3) is 0.333. The largest absolute Gasteiger partial charge is 0.507 e. The van der Waals surface area contributed by atoms with Gasteiger partial charge in [-0.15, -0.1) is 0 Å². The molecule has 0 spiro atoms. The quantitative estimate of drug-likeness (QED) is 0.289. The fourth-order valence-corrected chi connectivity index (χ4v) is 7.19. The average Bonchev–Trinajstić information content (AvgIpc) is 3.52. The molecular weight excluding hydrogens is 543 g/mol. The summed E-state index contributed by atoms with van der Waals surface area (Å²) >= 11 is 1.67. The molecule has 1 N–H and O–H groups in total. The molecule has 0 saturated carbocycles. The van der Waals surface area contributed by atoms with E-state index in [-0.39, 0.29) is 12.8 Å². The molecule has 1 unspecified atom stereocenters. The van der Waals surface area contributed by atoms with Gasteiger partial charge in [-0.3, -0.25) is 9.29 Å². The van der Waals surface area contributed by atoms with Gasteiger partial charge in [-0.2, -0.15) is 0 Å². The average molecular weight is 583 g/mol. The van der Waals surface area contributed by atoms with Gasteiger partial charge in [0.15, 0.2) is 0 Å². The van der Waals surface area contributed by atoms with Crippen molar-refractivity contribution in [3.05, 3.63) is 111 Å². The van der Waals surface area contributed by atoms with Crippen molar-refractivity contribution in [2.75, 3.05) is 33.4 Å². The number of fused-ring (bicyclic) bond motifs is 1. The van der Waals surface area contributed by atoms with E-state index >= 15 is 0 Å². The number of phenols is 1. The Balaban J connectivity index is 1.36. The summed E-state index contributed by atoms with van der Waals surface area (Å²) in [5.74, 6) is 1.18.